The van der Waals surface area contributed by atoms with Crippen LogP contribution in [0.4, 0.5) is 4.79 Å². The molecule has 22 heavy (non-hydrogen) atoms. The van der Waals surface area contributed by atoms with Gasteiger partial charge in [0.1, 0.15) is 0 Å². The van der Waals surface area contributed by atoms with E-state index < -0.39 is 5.60 Å². The Hall–Kier alpha value is -1.17. The van der Waals surface area contributed by atoms with Crippen molar-refractivity contribution in [3.05, 3.63) is 0 Å². The topological polar surface area (TPSA) is 29.5 Å². The average molecular weight is 303 g/mol. The van der Waals surface area contributed by atoms with Crippen molar-refractivity contribution in [1.29, 1.82) is 0 Å². The Balaban J connectivity index is 1.63. The van der Waals surface area contributed by atoms with Crippen LogP contribution in [0.1, 0.15) is 77.0 Å². The molecule has 3 heteroatoms. The first-order valence-electron chi connectivity index (χ1n) is 9.28. The zero-order valence-electron chi connectivity index (χ0n) is 13.7. The van der Waals surface area contributed by atoms with E-state index in [4.69, 9.17) is 4.74 Å². The molecule has 1 amide bonds. The van der Waals surface area contributed by atoms with Gasteiger partial charge in [-0.05, 0) is 57.8 Å². The van der Waals surface area contributed by atoms with Crippen LogP contribution in [0.3, 0.4) is 0 Å². The highest BCUT2D eigenvalue weighted by Gasteiger charge is 2.37. The molecular weight excluding hydrogens is 274 g/mol. The van der Waals surface area contributed by atoms with E-state index in [-0.39, 0.29) is 6.09 Å². The fourth-order valence-electron chi connectivity index (χ4n) is 3.99. The molecule has 1 aliphatic heterocycles. The average Bonchev–Trinajstić information content (AvgIpc) is 3.04. The quantitative estimate of drug-likeness (QED) is 0.667. The predicted molar refractivity (Wildman–Crippen MR) is 87.5 cm³/mol. The van der Waals surface area contributed by atoms with Crippen LogP contribution >= 0.6 is 0 Å². The highest BCUT2D eigenvalue weighted by molar-refractivity contribution is 5.68. The lowest BCUT2D eigenvalue weighted by Gasteiger charge is -2.31. The van der Waals surface area contributed by atoms with Crippen molar-refractivity contribution in [2.75, 3.05) is 13.1 Å². The van der Waals surface area contributed by atoms with Crippen molar-refractivity contribution >= 4 is 6.09 Å². The maximum absolute atomic E-state index is 12.4. The Bertz CT molecular complexity index is 430. The van der Waals surface area contributed by atoms with Crippen LogP contribution in [0.25, 0.3) is 0 Å². The summed E-state index contributed by atoms with van der Waals surface area (Å²) in [5.74, 6) is 7.41. The zero-order valence-corrected chi connectivity index (χ0v) is 13.7. The molecule has 0 atom stereocenters. The normalized spacial score (nSPS) is 25.4. The van der Waals surface area contributed by atoms with Gasteiger partial charge in [-0.15, -0.1) is 0 Å². The van der Waals surface area contributed by atoms with Gasteiger partial charge in [-0.25, -0.2) is 4.79 Å². The number of amides is 1. The summed E-state index contributed by atoms with van der Waals surface area (Å²) >= 11 is 0. The first kappa shape index (κ1) is 15.7. The standard InChI is InChI=1S/C19H29NO2/c21-18(20-15-7-2-8-16-20)22-19(12-5-6-13-19)14-11-17-9-3-1-4-10-17/h17H,1-10,12-13,15-16H2. The lowest BCUT2D eigenvalue weighted by atomic mass is 9.89. The molecule has 122 valence electrons. The first-order chi connectivity index (χ1) is 10.8. The summed E-state index contributed by atoms with van der Waals surface area (Å²) in [7, 11) is 0. The summed E-state index contributed by atoms with van der Waals surface area (Å²) in [6, 6.07) is 0. The first-order valence-corrected chi connectivity index (χ1v) is 9.28. The highest BCUT2D eigenvalue weighted by atomic mass is 16.6. The summed E-state index contributed by atoms with van der Waals surface area (Å²) in [5, 5.41) is 0. The molecule has 2 aliphatic carbocycles. The second-order valence-corrected chi connectivity index (χ2v) is 7.22. The molecule has 1 heterocycles. The van der Waals surface area contributed by atoms with Crippen LogP contribution in [0.15, 0.2) is 0 Å². The SMILES string of the molecule is O=C(OC1(C#CC2CCCCC2)CCCC1)N1CCCCC1. The van der Waals surface area contributed by atoms with Crippen LogP contribution in [0.2, 0.25) is 0 Å². The third-order valence-electron chi connectivity index (χ3n) is 5.42. The van der Waals surface area contributed by atoms with Crippen molar-refractivity contribution in [3.8, 4) is 11.8 Å². The molecule has 3 fully saturated rings. The maximum Gasteiger partial charge on any atom is 0.411 e. The van der Waals surface area contributed by atoms with Crippen LogP contribution in [-0.4, -0.2) is 29.7 Å². The van der Waals surface area contributed by atoms with Crippen molar-refractivity contribution in [2.45, 2.75) is 82.7 Å². The minimum absolute atomic E-state index is 0.125. The number of ether oxygens (including phenoxy) is 1. The number of hydrogen-bond acceptors (Lipinski definition) is 2. The molecule has 3 aliphatic rings. The minimum Gasteiger partial charge on any atom is -0.430 e. The van der Waals surface area contributed by atoms with Gasteiger partial charge < -0.3 is 9.64 Å². The van der Waals surface area contributed by atoms with E-state index in [1.54, 1.807) is 0 Å². The molecular formula is C19H29NO2. The summed E-state index contributed by atoms with van der Waals surface area (Å²) in [6.45, 7) is 1.70. The largest absolute Gasteiger partial charge is 0.430 e. The van der Waals surface area contributed by atoms with Crippen molar-refractivity contribution in [1.82, 2.24) is 4.90 Å². The number of hydrogen-bond donors (Lipinski definition) is 0. The van der Waals surface area contributed by atoms with E-state index in [0.717, 1.165) is 51.6 Å². The monoisotopic (exact) mass is 303 g/mol. The van der Waals surface area contributed by atoms with E-state index in [1.165, 1.54) is 38.5 Å². The van der Waals surface area contributed by atoms with Crippen LogP contribution in [0.5, 0.6) is 0 Å². The fraction of sp³-hybridized carbons (Fsp3) is 0.842. The van der Waals surface area contributed by atoms with Gasteiger partial charge in [-0.1, -0.05) is 31.1 Å². The van der Waals surface area contributed by atoms with Gasteiger partial charge in [0, 0.05) is 19.0 Å². The third-order valence-corrected chi connectivity index (χ3v) is 5.42. The van der Waals surface area contributed by atoms with E-state index >= 15 is 0 Å². The molecule has 1 saturated heterocycles. The van der Waals surface area contributed by atoms with E-state index in [2.05, 4.69) is 11.8 Å². The smallest absolute Gasteiger partial charge is 0.411 e. The fourth-order valence-corrected chi connectivity index (χ4v) is 3.99. The van der Waals surface area contributed by atoms with Crippen LogP contribution in [-0.2, 0) is 4.74 Å². The predicted octanol–water partition coefficient (Wildman–Crippen LogP) is 4.51. The molecule has 0 aromatic rings. The lowest BCUT2D eigenvalue weighted by molar-refractivity contribution is 0.0263. The van der Waals surface area contributed by atoms with Gasteiger partial charge in [-0.2, -0.15) is 0 Å². The van der Waals surface area contributed by atoms with Crippen molar-refractivity contribution in [2.24, 2.45) is 5.92 Å². The van der Waals surface area contributed by atoms with Gasteiger partial charge >= 0.3 is 6.09 Å². The molecule has 0 aromatic carbocycles. The Labute approximate surface area is 134 Å². The molecule has 2 saturated carbocycles. The number of rotatable bonds is 1. The number of carbonyl (C=O) groups excluding carboxylic acids is 1. The molecule has 3 rings (SSSR count). The van der Waals surface area contributed by atoms with Crippen molar-refractivity contribution in [3.63, 3.8) is 0 Å². The van der Waals surface area contributed by atoms with Gasteiger partial charge in [-0.3, -0.25) is 0 Å². The number of piperidine rings is 1. The van der Waals surface area contributed by atoms with E-state index in [0.29, 0.717) is 5.92 Å². The van der Waals surface area contributed by atoms with Crippen molar-refractivity contribution < 1.29 is 9.53 Å². The number of carbonyl (C=O) groups is 1. The Morgan fingerprint density at radius 1 is 0.909 bits per heavy atom. The minimum atomic E-state index is -0.480. The van der Waals surface area contributed by atoms with Gasteiger partial charge in [0.05, 0.1) is 0 Å². The van der Waals surface area contributed by atoms with Gasteiger partial charge in [0.25, 0.3) is 0 Å². The Morgan fingerprint density at radius 3 is 2.23 bits per heavy atom. The molecule has 0 N–H and O–H groups in total. The summed E-state index contributed by atoms with van der Waals surface area (Å²) in [6.07, 6.45) is 13.8. The summed E-state index contributed by atoms with van der Waals surface area (Å²) < 4.78 is 5.94. The third kappa shape index (κ3) is 3.97. The molecule has 3 nitrogen and oxygen atoms in total. The zero-order chi connectivity index (χ0) is 15.3. The lowest BCUT2D eigenvalue weighted by Crippen LogP contribution is -2.41. The molecule has 0 spiro atoms. The number of likely N-dealkylation sites (tertiary alicyclic amines) is 1. The Kier molecular flexibility index (Phi) is 5.28. The second kappa shape index (κ2) is 7.40. The molecule has 0 radical (unpaired) electrons. The van der Waals surface area contributed by atoms with Crippen LogP contribution in [0, 0.1) is 17.8 Å². The van der Waals surface area contributed by atoms with Gasteiger partial charge in [0.15, 0.2) is 5.60 Å². The van der Waals surface area contributed by atoms with E-state index in [1.807, 2.05) is 4.90 Å². The molecule has 0 unspecified atom stereocenters. The maximum atomic E-state index is 12.4. The van der Waals surface area contributed by atoms with Gasteiger partial charge in [0.2, 0.25) is 0 Å². The molecule has 0 aromatic heterocycles. The highest BCUT2D eigenvalue weighted by Crippen LogP contribution is 2.34. The summed E-state index contributed by atoms with van der Waals surface area (Å²) in [4.78, 5) is 14.3. The van der Waals surface area contributed by atoms with E-state index in [9.17, 15) is 4.79 Å². The Morgan fingerprint density at radius 2 is 1.55 bits per heavy atom. The van der Waals surface area contributed by atoms with Crippen LogP contribution < -0.4 is 0 Å². The molecule has 0 bridgehead atoms. The second-order valence-electron chi connectivity index (χ2n) is 7.22. The summed E-state index contributed by atoms with van der Waals surface area (Å²) in [5.41, 5.74) is -0.480. The number of nitrogens with zero attached hydrogens (tertiary/aromatic N) is 1.